The Morgan fingerprint density at radius 1 is 1.16 bits per heavy atom. The van der Waals surface area contributed by atoms with Crippen LogP contribution in [0.5, 0.6) is 0 Å². The van der Waals surface area contributed by atoms with Gasteiger partial charge in [0.15, 0.2) is 6.10 Å². The zero-order chi connectivity index (χ0) is 32.3. The molecule has 0 aromatic carbocycles. The second-order valence-corrected chi connectivity index (χ2v) is 11.0. The molecule has 7 N–H and O–H groups in total. The van der Waals surface area contributed by atoms with Gasteiger partial charge in [0.1, 0.15) is 6.10 Å². The Balaban J connectivity index is 2.61. The molecule has 0 saturated heterocycles. The number of amides is 2. The van der Waals surface area contributed by atoms with E-state index in [2.05, 4.69) is 10.6 Å². The summed E-state index contributed by atoms with van der Waals surface area (Å²) < 4.78 is 16.6. The number of fused-ring (bicyclic) bond motifs is 2. The lowest BCUT2D eigenvalue weighted by Gasteiger charge is -2.30. The van der Waals surface area contributed by atoms with E-state index in [1.807, 2.05) is 6.92 Å². The monoisotopic (exact) mass is 602 g/mol. The summed E-state index contributed by atoms with van der Waals surface area (Å²) in [5, 5.41) is 16.9. The highest BCUT2D eigenvalue weighted by atomic mass is 16.6. The molecule has 0 saturated carbocycles. The van der Waals surface area contributed by atoms with Crippen LogP contribution in [0, 0.1) is 11.8 Å². The molecule has 0 fully saturated rings. The highest BCUT2D eigenvalue weighted by Gasteiger charge is 2.33. The van der Waals surface area contributed by atoms with Gasteiger partial charge < -0.3 is 41.4 Å². The lowest BCUT2D eigenvalue weighted by atomic mass is 9.85. The van der Waals surface area contributed by atoms with Crippen molar-refractivity contribution in [2.24, 2.45) is 23.3 Å². The summed E-state index contributed by atoms with van der Waals surface area (Å²) in [7, 11) is 2.92. The molecule has 1 aliphatic heterocycles. The van der Waals surface area contributed by atoms with Gasteiger partial charge in [-0.1, -0.05) is 38.2 Å². The summed E-state index contributed by atoms with van der Waals surface area (Å²) in [5.41, 5.74) is 12.1. The van der Waals surface area contributed by atoms with Gasteiger partial charge >= 0.3 is 6.09 Å². The Bertz CT molecular complexity index is 1200. The maximum absolute atomic E-state index is 13.6. The molecule has 238 valence electrons. The quantitative estimate of drug-likeness (QED) is 0.163. The molecule has 0 aromatic heterocycles. The van der Waals surface area contributed by atoms with E-state index in [0.29, 0.717) is 31.5 Å². The third kappa shape index (κ3) is 9.99. The molecule has 2 bridgehead atoms. The zero-order valence-corrected chi connectivity index (χ0v) is 25.8. The van der Waals surface area contributed by atoms with E-state index in [-0.39, 0.29) is 34.9 Å². The fourth-order valence-electron chi connectivity index (χ4n) is 5.09. The van der Waals surface area contributed by atoms with Crippen LogP contribution in [-0.2, 0) is 28.6 Å². The van der Waals surface area contributed by atoms with Crippen LogP contribution in [0.15, 0.2) is 58.5 Å². The highest BCUT2D eigenvalue weighted by Crippen LogP contribution is 2.28. The highest BCUT2D eigenvalue weighted by molar-refractivity contribution is 6.23. The topological polar surface area (TPSA) is 192 Å². The number of aliphatic hydroxyl groups excluding tert-OH is 1. The first-order chi connectivity index (χ1) is 20.3. The third-order valence-corrected chi connectivity index (χ3v) is 7.48. The number of methoxy groups -OCH3 is 2. The van der Waals surface area contributed by atoms with E-state index in [0.717, 1.165) is 6.08 Å². The first-order valence-electron chi connectivity index (χ1n) is 14.4. The molecule has 1 heterocycles. The average molecular weight is 603 g/mol. The van der Waals surface area contributed by atoms with Crippen LogP contribution in [0.1, 0.15) is 47.0 Å². The number of nitrogens with one attached hydrogen (secondary N) is 2. The smallest absolute Gasteiger partial charge is 0.405 e. The number of rotatable bonds is 7. The van der Waals surface area contributed by atoms with Crippen molar-refractivity contribution in [1.82, 2.24) is 10.6 Å². The summed E-state index contributed by atoms with van der Waals surface area (Å²) in [6, 6.07) is 0. The van der Waals surface area contributed by atoms with Gasteiger partial charge in [0.2, 0.25) is 11.6 Å². The van der Waals surface area contributed by atoms with Crippen molar-refractivity contribution in [2.45, 2.75) is 71.4 Å². The van der Waals surface area contributed by atoms with Crippen LogP contribution in [0.25, 0.3) is 0 Å². The average Bonchev–Trinajstić information content (AvgIpc) is 2.95. The molecule has 2 aliphatic rings. The largest absolute Gasteiger partial charge is 0.439 e. The van der Waals surface area contributed by atoms with Crippen LogP contribution in [-0.4, -0.2) is 80.4 Å². The predicted molar refractivity (Wildman–Crippen MR) is 161 cm³/mol. The third-order valence-electron chi connectivity index (χ3n) is 7.48. The fraction of sp³-hybridized carbons (Fsp3) is 0.548. The van der Waals surface area contributed by atoms with Crippen molar-refractivity contribution >= 4 is 23.6 Å². The lowest BCUT2D eigenvalue weighted by Crippen LogP contribution is -2.38. The Hall–Kier alpha value is -3.58. The summed E-state index contributed by atoms with van der Waals surface area (Å²) in [6.07, 6.45) is 4.38. The number of nitrogens with two attached hydrogens (primary N) is 2. The van der Waals surface area contributed by atoms with Gasteiger partial charge in [0, 0.05) is 43.9 Å². The molecule has 1 aliphatic carbocycles. The molecule has 12 heteroatoms. The maximum Gasteiger partial charge on any atom is 0.405 e. The van der Waals surface area contributed by atoms with E-state index in [1.54, 1.807) is 39.0 Å². The number of hydrogen-bond acceptors (Lipinski definition) is 10. The maximum atomic E-state index is 13.6. The number of carbonyl (C=O) groups is 4. The van der Waals surface area contributed by atoms with Crippen molar-refractivity contribution in [1.29, 1.82) is 0 Å². The summed E-state index contributed by atoms with van der Waals surface area (Å²) >= 11 is 0. The van der Waals surface area contributed by atoms with E-state index in [9.17, 15) is 24.3 Å². The van der Waals surface area contributed by atoms with E-state index in [4.69, 9.17) is 25.7 Å². The van der Waals surface area contributed by atoms with E-state index >= 15 is 0 Å². The molecule has 0 radical (unpaired) electrons. The van der Waals surface area contributed by atoms with Gasteiger partial charge in [0.05, 0.1) is 23.6 Å². The normalized spacial score (nSPS) is 31.3. The van der Waals surface area contributed by atoms with Crippen molar-refractivity contribution in [3.05, 3.63) is 58.5 Å². The van der Waals surface area contributed by atoms with Crippen LogP contribution in [0.3, 0.4) is 0 Å². The van der Waals surface area contributed by atoms with Crippen molar-refractivity contribution in [3.8, 4) is 0 Å². The minimum atomic E-state index is -1.00. The minimum absolute atomic E-state index is 0.127. The fourth-order valence-corrected chi connectivity index (χ4v) is 5.09. The standard InChI is InChI=1S/C31H46N4O8/c1-17-13-21-26(34-12-8-11-32)23(36)16-22(28(21)38)35-30(39)18(2)9-7-10-24(41-5)29(43-31(33)40)20(4)15-19(3)27(37)25(14-17)42-6/h7,9-10,15-17,19,24-25,27,29,34,37H,8,11-14,32H2,1-6H3,(H2,33,40)(H,35,39)/b10-7-,18-9+,20-15+/t17-,19+,24?,25+,27-,29+/m1/s1. The molecule has 0 aromatic rings. The number of ether oxygens (including phenoxy) is 3. The summed E-state index contributed by atoms with van der Waals surface area (Å²) in [6.45, 7) is 7.79. The Morgan fingerprint density at radius 2 is 1.86 bits per heavy atom. The van der Waals surface area contributed by atoms with E-state index in [1.165, 1.54) is 20.3 Å². The van der Waals surface area contributed by atoms with Gasteiger partial charge in [0.25, 0.3) is 5.91 Å². The zero-order valence-electron chi connectivity index (χ0n) is 25.8. The van der Waals surface area contributed by atoms with Gasteiger partial charge in [-0.25, -0.2) is 4.79 Å². The van der Waals surface area contributed by atoms with Crippen LogP contribution >= 0.6 is 0 Å². The summed E-state index contributed by atoms with van der Waals surface area (Å²) in [5.74, 6) is -2.12. The number of ketones is 2. The minimum Gasteiger partial charge on any atom is -0.439 e. The van der Waals surface area contributed by atoms with Crippen molar-refractivity contribution in [3.63, 3.8) is 0 Å². The number of hydrogen-bond donors (Lipinski definition) is 5. The van der Waals surface area contributed by atoms with Crippen LogP contribution in [0.4, 0.5) is 4.79 Å². The number of primary amides is 1. The molecular weight excluding hydrogens is 556 g/mol. The molecular formula is C31H46N4O8. The number of aliphatic hydroxyl groups is 1. The molecule has 12 nitrogen and oxygen atoms in total. The Kier molecular flexibility index (Phi) is 14.0. The number of Topliss-reactive ketones (excluding diaryl/α,β-unsaturated/α-hetero) is 1. The molecule has 0 spiro atoms. The molecule has 2 rings (SSSR count). The molecule has 6 atom stereocenters. The van der Waals surface area contributed by atoms with Gasteiger partial charge in [-0.3, -0.25) is 14.4 Å². The SMILES string of the molecule is COC1/C=C\C=C(/C)C(=O)NC2=CC(=O)C(NCCCN)=C(C[C@@H](C)C[C@H](OC)[C@H](O)[C@@H](C)/C=C(\C)[C@@H]1OC(N)=O)C2=O. The van der Waals surface area contributed by atoms with Crippen molar-refractivity contribution < 1.29 is 38.5 Å². The second kappa shape index (κ2) is 16.9. The first-order valence-corrected chi connectivity index (χ1v) is 14.4. The van der Waals surface area contributed by atoms with E-state index < -0.39 is 53.9 Å². The second-order valence-electron chi connectivity index (χ2n) is 11.0. The van der Waals surface area contributed by atoms with Crippen LogP contribution < -0.4 is 22.1 Å². The molecule has 43 heavy (non-hydrogen) atoms. The van der Waals surface area contributed by atoms with Gasteiger partial charge in [-0.05, 0) is 51.1 Å². The summed E-state index contributed by atoms with van der Waals surface area (Å²) in [4.78, 5) is 51.5. The molecule has 2 amide bonds. The van der Waals surface area contributed by atoms with Crippen LogP contribution in [0.2, 0.25) is 0 Å². The predicted octanol–water partition coefficient (Wildman–Crippen LogP) is 1.70. The van der Waals surface area contributed by atoms with Gasteiger partial charge in [-0.15, -0.1) is 0 Å². The first kappa shape index (κ1) is 35.6. The van der Waals surface area contributed by atoms with Crippen molar-refractivity contribution in [2.75, 3.05) is 27.3 Å². The Labute approximate surface area is 253 Å². The number of allylic oxidation sites excluding steroid dienone is 4. The number of carbonyl (C=O) groups excluding carboxylic acids is 4. The molecule has 1 unspecified atom stereocenters. The van der Waals surface area contributed by atoms with Gasteiger partial charge in [-0.2, -0.15) is 0 Å². The Morgan fingerprint density at radius 3 is 2.47 bits per heavy atom. The lowest BCUT2D eigenvalue weighted by molar-refractivity contribution is -0.120.